The first kappa shape index (κ1) is 11.2. The number of aliphatic hydroxyl groups excluding tert-OH is 1. The maximum absolute atomic E-state index is 9.88. The van der Waals surface area contributed by atoms with Crippen molar-refractivity contribution in [3.05, 3.63) is 34.9 Å². The van der Waals surface area contributed by atoms with Gasteiger partial charge < -0.3 is 9.84 Å². The predicted molar refractivity (Wildman–Crippen MR) is 57.3 cm³/mol. The van der Waals surface area contributed by atoms with E-state index < -0.39 is 6.10 Å². The third kappa shape index (κ3) is 2.34. The monoisotopic (exact) mass is 194 g/mol. The summed E-state index contributed by atoms with van der Waals surface area (Å²) >= 11 is 0. The van der Waals surface area contributed by atoms with Gasteiger partial charge in [-0.05, 0) is 37.5 Å². The molecule has 1 N–H and O–H groups in total. The highest BCUT2D eigenvalue weighted by Gasteiger charge is 2.15. The lowest BCUT2D eigenvalue weighted by Crippen LogP contribution is -2.16. The average molecular weight is 194 g/mol. The molecule has 1 aromatic rings. The molecule has 0 fully saturated rings. The van der Waals surface area contributed by atoms with Gasteiger partial charge in [0.25, 0.3) is 0 Å². The Hall–Kier alpha value is -0.860. The number of rotatable bonds is 3. The van der Waals surface area contributed by atoms with E-state index in [0.29, 0.717) is 0 Å². The highest BCUT2D eigenvalue weighted by molar-refractivity contribution is 5.31. The van der Waals surface area contributed by atoms with Crippen LogP contribution in [0.3, 0.4) is 0 Å². The van der Waals surface area contributed by atoms with Crippen molar-refractivity contribution in [2.24, 2.45) is 0 Å². The van der Waals surface area contributed by atoms with E-state index in [-0.39, 0.29) is 6.10 Å². The number of aliphatic hydroxyl groups is 1. The minimum Gasteiger partial charge on any atom is -0.386 e. The summed E-state index contributed by atoms with van der Waals surface area (Å²) in [6, 6.07) is 5.98. The molecule has 0 aliphatic rings. The summed E-state index contributed by atoms with van der Waals surface area (Å²) in [5.74, 6) is 0. The van der Waals surface area contributed by atoms with Gasteiger partial charge >= 0.3 is 0 Å². The molecule has 0 bridgehead atoms. The molecule has 0 aliphatic heterocycles. The van der Waals surface area contributed by atoms with Crippen LogP contribution in [0.2, 0.25) is 0 Å². The Balaban J connectivity index is 2.91. The summed E-state index contributed by atoms with van der Waals surface area (Å²) in [4.78, 5) is 0. The maximum Gasteiger partial charge on any atom is 0.105 e. The minimum absolute atomic E-state index is 0.169. The van der Waals surface area contributed by atoms with E-state index in [1.54, 1.807) is 7.11 Å². The Bertz CT molecular complexity index is 307. The number of aryl methyl sites for hydroxylation is 2. The van der Waals surface area contributed by atoms with E-state index in [2.05, 4.69) is 6.92 Å². The van der Waals surface area contributed by atoms with Crippen molar-refractivity contribution in [2.75, 3.05) is 7.11 Å². The molecule has 0 spiro atoms. The number of benzene rings is 1. The van der Waals surface area contributed by atoms with Crippen LogP contribution in [-0.2, 0) is 4.74 Å². The highest BCUT2D eigenvalue weighted by Crippen LogP contribution is 2.20. The summed E-state index contributed by atoms with van der Waals surface area (Å²) in [7, 11) is 1.61. The van der Waals surface area contributed by atoms with E-state index in [4.69, 9.17) is 4.74 Å². The van der Waals surface area contributed by atoms with Crippen molar-refractivity contribution in [2.45, 2.75) is 33.0 Å². The van der Waals surface area contributed by atoms with Crippen LogP contribution in [0, 0.1) is 13.8 Å². The molecule has 0 amide bonds. The SMILES string of the molecule is COC(C)C(O)c1ccc(C)c(C)c1. The number of hydrogen-bond donors (Lipinski definition) is 1. The van der Waals surface area contributed by atoms with Gasteiger partial charge in [0.15, 0.2) is 0 Å². The molecule has 0 saturated heterocycles. The molecule has 0 radical (unpaired) electrons. The number of methoxy groups -OCH3 is 1. The van der Waals surface area contributed by atoms with Gasteiger partial charge in [0.2, 0.25) is 0 Å². The molecule has 1 aromatic carbocycles. The van der Waals surface area contributed by atoms with Gasteiger partial charge in [-0.2, -0.15) is 0 Å². The molecule has 0 aromatic heterocycles. The fourth-order valence-electron chi connectivity index (χ4n) is 1.35. The smallest absolute Gasteiger partial charge is 0.105 e. The molecule has 2 atom stereocenters. The van der Waals surface area contributed by atoms with Crippen molar-refractivity contribution >= 4 is 0 Å². The molecule has 2 heteroatoms. The second kappa shape index (κ2) is 4.58. The Morgan fingerprint density at radius 1 is 1.21 bits per heavy atom. The predicted octanol–water partition coefficient (Wildman–Crippen LogP) is 2.37. The summed E-state index contributed by atoms with van der Waals surface area (Å²) in [5, 5.41) is 9.88. The van der Waals surface area contributed by atoms with Crippen LogP contribution in [0.1, 0.15) is 29.7 Å². The molecule has 0 saturated carbocycles. The lowest BCUT2D eigenvalue weighted by molar-refractivity contribution is -0.00145. The molecular formula is C12H18O2. The molecular weight excluding hydrogens is 176 g/mol. The molecule has 1 rings (SSSR count). The molecule has 78 valence electrons. The zero-order chi connectivity index (χ0) is 10.7. The quantitative estimate of drug-likeness (QED) is 0.800. The first-order valence-corrected chi connectivity index (χ1v) is 4.84. The summed E-state index contributed by atoms with van der Waals surface area (Å²) in [6.45, 7) is 5.97. The van der Waals surface area contributed by atoms with Gasteiger partial charge in [0.05, 0.1) is 6.10 Å². The summed E-state index contributed by atoms with van der Waals surface area (Å²) < 4.78 is 5.09. The van der Waals surface area contributed by atoms with Crippen LogP contribution in [0.5, 0.6) is 0 Å². The van der Waals surface area contributed by atoms with Crippen LogP contribution >= 0.6 is 0 Å². The van der Waals surface area contributed by atoms with Crippen LogP contribution in [0.25, 0.3) is 0 Å². The molecule has 0 aliphatic carbocycles. The normalized spacial score (nSPS) is 15.2. The van der Waals surface area contributed by atoms with E-state index in [1.165, 1.54) is 11.1 Å². The first-order chi connectivity index (χ1) is 6.56. The van der Waals surface area contributed by atoms with Gasteiger partial charge in [-0.15, -0.1) is 0 Å². The van der Waals surface area contributed by atoms with Crippen LogP contribution in [0.15, 0.2) is 18.2 Å². The highest BCUT2D eigenvalue weighted by atomic mass is 16.5. The number of ether oxygens (including phenoxy) is 1. The van der Waals surface area contributed by atoms with Gasteiger partial charge in [-0.25, -0.2) is 0 Å². The fraction of sp³-hybridized carbons (Fsp3) is 0.500. The van der Waals surface area contributed by atoms with Crippen molar-refractivity contribution in [3.63, 3.8) is 0 Å². The van der Waals surface area contributed by atoms with Crippen molar-refractivity contribution in [3.8, 4) is 0 Å². The third-order valence-electron chi connectivity index (χ3n) is 2.69. The molecule has 2 unspecified atom stereocenters. The summed E-state index contributed by atoms with van der Waals surface area (Å²) in [6.07, 6.45) is -0.712. The third-order valence-corrected chi connectivity index (χ3v) is 2.69. The van der Waals surface area contributed by atoms with Crippen LogP contribution < -0.4 is 0 Å². The lowest BCUT2D eigenvalue weighted by Gasteiger charge is -2.18. The second-order valence-corrected chi connectivity index (χ2v) is 3.73. The van der Waals surface area contributed by atoms with Crippen molar-refractivity contribution in [1.29, 1.82) is 0 Å². The minimum atomic E-state index is -0.542. The average Bonchev–Trinajstić information content (AvgIpc) is 2.20. The maximum atomic E-state index is 9.88. The first-order valence-electron chi connectivity index (χ1n) is 4.84. The van der Waals surface area contributed by atoms with Crippen LogP contribution in [0.4, 0.5) is 0 Å². The number of hydrogen-bond acceptors (Lipinski definition) is 2. The van der Waals surface area contributed by atoms with E-state index in [1.807, 2.05) is 32.0 Å². The second-order valence-electron chi connectivity index (χ2n) is 3.73. The van der Waals surface area contributed by atoms with Crippen molar-refractivity contribution < 1.29 is 9.84 Å². The fourth-order valence-corrected chi connectivity index (χ4v) is 1.35. The van der Waals surface area contributed by atoms with Gasteiger partial charge in [0, 0.05) is 7.11 Å². The Labute approximate surface area is 85.5 Å². The molecule has 0 heterocycles. The summed E-state index contributed by atoms with van der Waals surface area (Å²) in [5.41, 5.74) is 3.36. The van der Waals surface area contributed by atoms with E-state index in [0.717, 1.165) is 5.56 Å². The molecule has 2 nitrogen and oxygen atoms in total. The Morgan fingerprint density at radius 2 is 1.86 bits per heavy atom. The Kier molecular flexibility index (Phi) is 3.67. The zero-order valence-corrected chi connectivity index (χ0v) is 9.24. The zero-order valence-electron chi connectivity index (χ0n) is 9.24. The Morgan fingerprint density at radius 3 is 2.36 bits per heavy atom. The van der Waals surface area contributed by atoms with Gasteiger partial charge in [-0.1, -0.05) is 18.2 Å². The van der Waals surface area contributed by atoms with E-state index >= 15 is 0 Å². The van der Waals surface area contributed by atoms with Crippen LogP contribution in [-0.4, -0.2) is 18.3 Å². The largest absolute Gasteiger partial charge is 0.386 e. The standard InChI is InChI=1S/C12H18O2/c1-8-5-6-11(7-9(8)2)12(13)10(3)14-4/h5-7,10,12-13H,1-4H3. The van der Waals surface area contributed by atoms with Gasteiger partial charge in [-0.3, -0.25) is 0 Å². The van der Waals surface area contributed by atoms with E-state index in [9.17, 15) is 5.11 Å². The van der Waals surface area contributed by atoms with Crippen molar-refractivity contribution in [1.82, 2.24) is 0 Å². The topological polar surface area (TPSA) is 29.5 Å². The molecule has 14 heavy (non-hydrogen) atoms. The van der Waals surface area contributed by atoms with Gasteiger partial charge in [0.1, 0.15) is 6.10 Å². The lowest BCUT2D eigenvalue weighted by atomic mass is 10.0.